The van der Waals surface area contributed by atoms with Crippen LogP contribution in [0.1, 0.15) is 18.7 Å². The van der Waals surface area contributed by atoms with E-state index >= 15 is 0 Å². The molecule has 0 saturated heterocycles. The Balaban J connectivity index is 1.85. The summed E-state index contributed by atoms with van der Waals surface area (Å²) in [5, 5.41) is 11.3. The number of carbonyl (C=O) groups is 1. The maximum Gasteiger partial charge on any atom is 0.244 e. The van der Waals surface area contributed by atoms with Gasteiger partial charge in [-0.25, -0.2) is 0 Å². The minimum Gasteiger partial charge on any atom is -0.352 e. The van der Waals surface area contributed by atoms with Crippen molar-refractivity contribution in [1.82, 2.24) is 24.9 Å². The highest BCUT2D eigenvalue weighted by molar-refractivity contribution is 9.10. The Bertz CT molecular complexity index is 587. The monoisotopic (exact) mass is 403 g/mol. The van der Waals surface area contributed by atoms with E-state index < -0.39 is 0 Å². The van der Waals surface area contributed by atoms with Gasteiger partial charge >= 0.3 is 0 Å². The van der Waals surface area contributed by atoms with Crippen LogP contribution in [0, 0.1) is 6.92 Å². The fourth-order valence-corrected chi connectivity index (χ4v) is 2.30. The first-order valence-corrected chi connectivity index (χ1v) is 7.73. The second-order valence-electron chi connectivity index (χ2n) is 4.43. The molecular formula is C12H15Br2N5O. The summed E-state index contributed by atoms with van der Waals surface area (Å²) in [6, 6.07) is -0.343. The third-order valence-corrected chi connectivity index (χ3v) is 4.06. The zero-order valence-electron chi connectivity index (χ0n) is 11.2. The van der Waals surface area contributed by atoms with E-state index in [-0.39, 0.29) is 11.9 Å². The Kier molecular flexibility index (Phi) is 4.98. The fraction of sp³-hybridized carbons (Fsp3) is 0.417. The summed E-state index contributed by atoms with van der Waals surface area (Å²) >= 11 is 6.72. The zero-order valence-corrected chi connectivity index (χ0v) is 14.3. The average Bonchev–Trinajstić information content (AvgIpc) is 2.96. The fourth-order valence-electron chi connectivity index (χ4n) is 1.68. The van der Waals surface area contributed by atoms with Crippen molar-refractivity contribution in [2.75, 3.05) is 6.54 Å². The zero-order chi connectivity index (χ0) is 14.7. The van der Waals surface area contributed by atoms with Crippen molar-refractivity contribution in [2.45, 2.75) is 26.4 Å². The van der Waals surface area contributed by atoms with Crippen LogP contribution in [0.5, 0.6) is 0 Å². The Labute approximate surface area is 133 Å². The van der Waals surface area contributed by atoms with Gasteiger partial charge in [-0.2, -0.15) is 10.2 Å². The molecule has 6 nitrogen and oxygen atoms in total. The summed E-state index contributed by atoms with van der Waals surface area (Å²) < 4.78 is 5.25. The molecule has 0 fully saturated rings. The summed E-state index contributed by atoms with van der Waals surface area (Å²) in [7, 11) is 0. The van der Waals surface area contributed by atoms with Crippen molar-refractivity contribution in [3.05, 3.63) is 33.2 Å². The molecule has 0 bridgehead atoms. The molecule has 0 radical (unpaired) electrons. The first kappa shape index (κ1) is 15.2. The average molecular weight is 405 g/mol. The van der Waals surface area contributed by atoms with Crippen LogP contribution < -0.4 is 5.32 Å². The highest BCUT2D eigenvalue weighted by Gasteiger charge is 2.16. The molecule has 1 atom stereocenters. The lowest BCUT2D eigenvalue weighted by Gasteiger charge is -2.12. The molecule has 108 valence electrons. The quantitative estimate of drug-likeness (QED) is 0.831. The largest absolute Gasteiger partial charge is 0.352 e. The van der Waals surface area contributed by atoms with E-state index in [1.807, 2.05) is 26.2 Å². The van der Waals surface area contributed by atoms with Gasteiger partial charge in [-0.3, -0.25) is 14.2 Å². The number of halogens is 2. The predicted molar refractivity (Wildman–Crippen MR) is 82.3 cm³/mol. The molecule has 2 heterocycles. The first-order chi connectivity index (χ1) is 9.47. The van der Waals surface area contributed by atoms with Crippen molar-refractivity contribution < 1.29 is 4.79 Å². The lowest BCUT2D eigenvalue weighted by Crippen LogP contribution is -2.33. The van der Waals surface area contributed by atoms with Crippen LogP contribution in [-0.2, 0) is 11.3 Å². The smallest absolute Gasteiger partial charge is 0.244 e. The molecule has 0 spiro atoms. The van der Waals surface area contributed by atoms with Crippen LogP contribution in [0.25, 0.3) is 0 Å². The van der Waals surface area contributed by atoms with Crippen LogP contribution >= 0.6 is 31.9 Å². The van der Waals surface area contributed by atoms with Gasteiger partial charge in [0.05, 0.1) is 27.4 Å². The van der Waals surface area contributed by atoms with E-state index in [4.69, 9.17) is 0 Å². The van der Waals surface area contributed by atoms with Crippen LogP contribution in [0.15, 0.2) is 27.5 Å². The van der Waals surface area contributed by atoms with Crippen molar-refractivity contribution in [2.24, 2.45) is 0 Å². The van der Waals surface area contributed by atoms with E-state index in [0.717, 1.165) is 14.6 Å². The summed E-state index contributed by atoms with van der Waals surface area (Å²) in [4.78, 5) is 12.0. The van der Waals surface area contributed by atoms with Crippen molar-refractivity contribution >= 4 is 37.8 Å². The number of nitrogens with zero attached hydrogens (tertiary/aromatic N) is 4. The van der Waals surface area contributed by atoms with E-state index in [1.165, 1.54) is 0 Å². The molecule has 0 saturated carbocycles. The van der Waals surface area contributed by atoms with Crippen LogP contribution in [-0.4, -0.2) is 32.0 Å². The first-order valence-electron chi connectivity index (χ1n) is 6.14. The van der Waals surface area contributed by atoms with Crippen LogP contribution in [0.2, 0.25) is 0 Å². The molecule has 1 unspecified atom stereocenters. The lowest BCUT2D eigenvalue weighted by molar-refractivity contribution is -0.124. The Morgan fingerprint density at radius 2 is 2.20 bits per heavy atom. The van der Waals surface area contributed by atoms with Gasteiger partial charge in [0.1, 0.15) is 6.04 Å². The van der Waals surface area contributed by atoms with Crippen molar-refractivity contribution in [3.8, 4) is 0 Å². The van der Waals surface area contributed by atoms with Gasteiger partial charge in [0.2, 0.25) is 5.91 Å². The Morgan fingerprint density at radius 3 is 2.75 bits per heavy atom. The number of rotatable bonds is 5. The lowest BCUT2D eigenvalue weighted by atomic mass is 10.3. The van der Waals surface area contributed by atoms with Gasteiger partial charge in [-0.05, 0) is 45.7 Å². The summed E-state index contributed by atoms with van der Waals surface area (Å²) in [6.07, 6.45) is 5.39. The highest BCUT2D eigenvalue weighted by Crippen LogP contribution is 2.16. The molecule has 1 N–H and O–H groups in total. The normalized spacial score (nSPS) is 12.4. The molecule has 0 aromatic carbocycles. The van der Waals surface area contributed by atoms with E-state index in [0.29, 0.717) is 13.1 Å². The summed E-state index contributed by atoms with van der Waals surface area (Å²) in [5.74, 6) is -0.0637. The summed E-state index contributed by atoms with van der Waals surface area (Å²) in [6.45, 7) is 4.87. The molecule has 2 aromatic heterocycles. The topological polar surface area (TPSA) is 64.7 Å². The standard InChI is InChI=1S/C12H15Br2N5O/c1-8-11(14)7-19(17-8)9(2)12(20)15-3-4-18-6-10(13)5-16-18/h5-7,9H,3-4H2,1-2H3,(H,15,20). The maximum absolute atomic E-state index is 12.0. The third-order valence-electron chi connectivity index (χ3n) is 2.87. The number of aryl methyl sites for hydroxylation is 1. The number of hydrogen-bond donors (Lipinski definition) is 1. The molecule has 0 aliphatic rings. The van der Waals surface area contributed by atoms with E-state index in [9.17, 15) is 4.79 Å². The second kappa shape index (κ2) is 6.53. The molecule has 8 heteroatoms. The van der Waals surface area contributed by atoms with Gasteiger partial charge in [0.15, 0.2) is 0 Å². The van der Waals surface area contributed by atoms with Gasteiger partial charge in [0, 0.05) is 18.9 Å². The number of aromatic nitrogens is 4. The number of carbonyl (C=O) groups excluding carboxylic acids is 1. The molecule has 0 aliphatic carbocycles. The summed E-state index contributed by atoms with van der Waals surface area (Å²) in [5.41, 5.74) is 0.867. The van der Waals surface area contributed by atoms with E-state index in [1.54, 1.807) is 15.6 Å². The van der Waals surface area contributed by atoms with E-state index in [2.05, 4.69) is 47.4 Å². The molecule has 2 aromatic rings. The molecule has 20 heavy (non-hydrogen) atoms. The van der Waals surface area contributed by atoms with Gasteiger partial charge in [-0.1, -0.05) is 0 Å². The number of amides is 1. The predicted octanol–water partition coefficient (Wildman–Crippen LogP) is 2.29. The highest BCUT2D eigenvalue weighted by atomic mass is 79.9. The minimum absolute atomic E-state index is 0.0637. The molecule has 2 rings (SSSR count). The minimum atomic E-state index is -0.343. The van der Waals surface area contributed by atoms with Crippen molar-refractivity contribution in [3.63, 3.8) is 0 Å². The Hall–Kier alpha value is -1.15. The number of nitrogens with one attached hydrogen (secondary N) is 1. The van der Waals surface area contributed by atoms with Gasteiger partial charge in [-0.15, -0.1) is 0 Å². The third kappa shape index (κ3) is 3.69. The SMILES string of the molecule is Cc1nn(C(C)C(=O)NCCn2cc(Br)cn2)cc1Br. The van der Waals surface area contributed by atoms with Crippen LogP contribution in [0.3, 0.4) is 0 Å². The van der Waals surface area contributed by atoms with Gasteiger partial charge < -0.3 is 5.32 Å². The maximum atomic E-state index is 12.0. The molecule has 0 aliphatic heterocycles. The number of hydrogen-bond acceptors (Lipinski definition) is 3. The molecular weight excluding hydrogens is 390 g/mol. The van der Waals surface area contributed by atoms with Gasteiger partial charge in [0.25, 0.3) is 0 Å². The van der Waals surface area contributed by atoms with Crippen molar-refractivity contribution in [1.29, 1.82) is 0 Å². The molecule has 1 amide bonds. The Morgan fingerprint density at radius 1 is 1.45 bits per heavy atom. The van der Waals surface area contributed by atoms with Crippen LogP contribution in [0.4, 0.5) is 0 Å². The second-order valence-corrected chi connectivity index (χ2v) is 6.20.